The molecule has 2 saturated carbocycles. The van der Waals surface area contributed by atoms with Crippen molar-refractivity contribution >= 4 is 5.97 Å². The van der Waals surface area contributed by atoms with E-state index in [1.165, 1.54) is 12.8 Å². The number of carboxylic acids is 1. The molecule has 4 nitrogen and oxygen atoms in total. The summed E-state index contributed by atoms with van der Waals surface area (Å²) < 4.78 is 0. The fourth-order valence-electron chi connectivity index (χ4n) is 6.67. The molecule has 2 fully saturated rings. The number of hydrogen-bond donors (Lipinski definition) is 3. The van der Waals surface area contributed by atoms with Gasteiger partial charge in [0.1, 0.15) is 0 Å². The molecule has 5 atom stereocenters. The molecule has 4 heteroatoms. The molecule has 0 aromatic rings. The standard InChI is InChI=1S/C20H32O4/c1-18(2)8-4-9-19(3)14(18)7-10-20(12-21)15(19)6-5-13(17(23)24)11-16(20)22/h5,14-16,21-22H,4,6-12H2,1-3H3,(H,23,24)/t14?,15-,16?,19+,20+/m1/s1. The van der Waals surface area contributed by atoms with Crippen molar-refractivity contribution < 1.29 is 20.1 Å². The molecule has 0 radical (unpaired) electrons. The number of aliphatic hydroxyl groups excluding tert-OH is 2. The normalized spacial score (nSPS) is 44.7. The van der Waals surface area contributed by atoms with Crippen LogP contribution in [-0.4, -0.2) is 34.0 Å². The lowest BCUT2D eigenvalue weighted by Crippen LogP contribution is -2.59. The number of carbonyl (C=O) groups is 1. The van der Waals surface area contributed by atoms with Crippen LogP contribution in [-0.2, 0) is 4.79 Å². The second kappa shape index (κ2) is 5.84. The number of carboxylic acid groups (broad SMARTS) is 1. The van der Waals surface area contributed by atoms with Crippen LogP contribution >= 0.6 is 0 Å². The maximum absolute atomic E-state index is 11.5. The molecule has 24 heavy (non-hydrogen) atoms. The Morgan fingerprint density at radius 2 is 1.92 bits per heavy atom. The van der Waals surface area contributed by atoms with Crippen LogP contribution in [0.3, 0.4) is 0 Å². The molecule has 0 amide bonds. The smallest absolute Gasteiger partial charge is 0.331 e. The third-order valence-electron chi connectivity index (χ3n) is 7.91. The summed E-state index contributed by atoms with van der Waals surface area (Å²) in [5.74, 6) is -0.234. The molecular weight excluding hydrogens is 304 g/mol. The lowest BCUT2D eigenvalue weighted by atomic mass is 9.42. The van der Waals surface area contributed by atoms with Crippen molar-refractivity contribution in [2.24, 2.45) is 28.1 Å². The van der Waals surface area contributed by atoms with Crippen LogP contribution in [0.5, 0.6) is 0 Å². The Kier molecular flexibility index (Phi) is 4.37. The number of fused-ring (bicyclic) bond motifs is 3. The highest BCUT2D eigenvalue weighted by Crippen LogP contribution is 2.66. The fraction of sp³-hybridized carbons (Fsp3) is 0.850. The van der Waals surface area contributed by atoms with Crippen LogP contribution in [0.25, 0.3) is 0 Å². The molecule has 136 valence electrons. The predicted octanol–water partition coefficient (Wildman–Crippen LogP) is 3.37. The van der Waals surface area contributed by atoms with Gasteiger partial charge in [-0.15, -0.1) is 0 Å². The zero-order valence-electron chi connectivity index (χ0n) is 15.2. The van der Waals surface area contributed by atoms with E-state index in [9.17, 15) is 20.1 Å². The van der Waals surface area contributed by atoms with E-state index in [4.69, 9.17) is 0 Å². The largest absolute Gasteiger partial charge is 0.478 e. The summed E-state index contributed by atoms with van der Waals surface area (Å²) in [6.07, 6.45) is 7.16. The van der Waals surface area contributed by atoms with Gasteiger partial charge >= 0.3 is 5.97 Å². The average molecular weight is 336 g/mol. The van der Waals surface area contributed by atoms with E-state index in [-0.39, 0.29) is 29.8 Å². The summed E-state index contributed by atoms with van der Waals surface area (Å²) in [6.45, 7) is 6.99. The lowest BCUT2D eigenvalue weighted by molar-refractivity contribution is -0.181. The van der Waals surface area contributed by atoms with Crippen LogP contribution in [0.4, 0.5) is 0 Å². The first-order valence-electron chi connectivity index (χ1n) is 9.38. The van der Waals surface area contributed by atoms with E-state index in [1.807, 2.05) is 6.08 Å². The molecular formula is C20H32O4. The summed E-state index contributed by atoms with van der Waals surface area (Å²) >= 11 is 0. The van der Waals surface area contributed by atoms with Gasteiger partial charge < -0.3 is 15.3 Å². The lowest BCUT2D eigenvalue weighted by Gasteiger charge is -2.63. The Morgan fingerprint density at radius 3 is 2.54 bits per heavy atom. The number of allylic oxidation sites excluding steroid dienone is 1. The molecule has 3 aliphatic rings. The van der Waals surface area contributed by atoms with E-state index >= 15 is 0 Å². The summed E-state index contributed by atoms with van der Waals surface area (Å²) in [5, 5.41) is 30.6. The van der Waals surface area contributed by atoms with Crippen molar-refractivity contribution in [3.8, 4) is 0 Å². The van der Waals surface area contributed by atoms with Gasteiger partial charge in [-0.1, -0.05) is 33.3 Å². The first kappa shape index (κ1) is 17.9. The summed E-state index contributed by atoms with van der Waals surface area (Å²) in [5.41, 5.74) is 0.0612. The molecule has 0 aromatic carbocycles. The minimum absolute atomic E-state index is 0.0498. The van der Waals surface area contributed by atoms with Crippen LogP contribution in [0.15, 0.2) is 11.6 Å². The minimum Gasteiger partial charge on any atom is -0.478 e. The molecule has 3 aliphatic carbocycles. The monoisotopic (exact) mass is 336 g/mol. The van der Waals surface area contributed by atoms with Crippen molar-refractivity contribution in [1.82, 2.24) is 0 Å². The second-order valence-corrected chi connectivity index (χ2v) is 9.37. The molecule has 3 rings (SSSR count). The quantitative estimate of drug-likeness (QED) is 0.722. The average Bonchev–Trinajstić information content (AvgIpc) is 2.65. The van der Waals surface area contributed by atoms with E-state index in [2.05, 4.69) is 20.8 Å². The first-order valence-corrected chi connectivity index (χ1v) is 9.38. The highest BCUT2D eigenvalue weighted by atomic mass is 16.4. The van der Waals surface area contributed by atoms with Crippen molar-refractivity contribution in [3.63, 3.8) is 0 Å². The van der Waals surface area contributed by atoms with Crippen LogP contribution in [0.2, 0.25) is 0 Å². The molecule has 0 spiro atoms. The third kappa shape index (κ3) is 2.45. The minimum atomic E-state index is -0.938. The zero-order chi connectivity index (χ0) is 17.8. The topological polar surface area (TPSA) is 77.8 Å². The van der Waals surface area contributed by atoms with Crippen molar-refractivity contribution in [2.75, 3.05) is 6.61 Å². The van der Waals surface area contributed by atoms with Gasteiger partial charge in [-0.3, -0.25) is 0 Å². The molecule has 0 aliphatic heterocycles. The Labute approximate surface area is 145 Å². The van der Waals surface area contributed by atoms with E-state index in [0.29, 0.717) is 17.9 Å². The van der Waals surface area contributed by atoms with Crippen LogP contribution in [0, 0.1) is 28.1 Å². The molecule has 2 unspecified atom stereocenters. The predicted molar refractivity (Wildman–Crippen MR) is 92.4 cm³/mol. The second-order valence-electron chi connectivity index (χ2n) is 9.37. The Balaban J connectivity index is 2.06. The van der Waals surface area contributed by atoms with E-state index in [0.717, 1.165) is 19.3 Å². The van der Waals surface area contributed by atoms with Gasteiger partial charge in [0.2, 0.25) is 0 Å². The summed E-state index contributed by atoms with van der Waals surface area (Å²) in [4.78, 5) is 11.5. The van der Waals surface area contributed by atoms with Gasteiger partial charge in [0.15, 0.2) is 0 Å². The molecule has 0 aromatic heterocycles. The number of hydrogen-bond acceptors (Lipinski definition) is 3. The zero-order valence-corrected chi connectivity index (χ0v) is 15.2. The maximum atomic E-state index is 11.5. The van der Waals surface area contributed by atoms with E-state index < -0.39 is 17.5 Å². The van der Waals surface area contributed by atoms with Crippen molar-refractivity contribution in [1.29, 1.82) is 0 Å². The Hall–Kier alpha value is -0.870. The molecule has 0 saturated heterocycles. The molecule has 0 bridgehead atoms. The fourth-order valence-corrected chi connectivity index (χ4v) is 6.67. The highest BCUT2D eigenvalue weighted by molar-refractivity contribution is 5.86. The molecule has 0 heterocycles. The van der Waals surface area contributed by atoms with Crippen LogP contribution < -0.4 is 0 Å². The highest BCUT2D eigenvalue weighted by Gasteiger charge is 2.61. The third-order valence-corrected chi connectivity index (χ3v) is 7.91. The van der Waals surface area contributed by atoms with Crippen LogP contribution in [0.1, 0.15) is 65.7 Å². The van der Waals surface area contributed by atoms with Crippen molar-refractivity contribution in [2.45, 2.75) is 71.8 Å². The van der Waals surface area contributed by atoms with Crippen molar-refractivity contribution in [3.05, 3.63) is 11.6 Å². The number of rotatable bonds is 2. The maximum Gasteiger partial charge on any atom is 0.331 e. The van der Waals surface area contributed by atoms with Gasteiger partial charge in [0, 0.05) is 17.4 Å². The first-order chi connectivity index (χ1) is 11.2. The van der Waals surface area contributed by atoms with Gasteiger partial charge in [-0.25, -0.2) is 4.79 Å². The SMILES string of the molecule is CC1(C)CCC[C@@]2(C)C1CC[C@@]1(CO)C(O)CC(C(=O)O)=CC[C@@H]12. The Morgan fingerprint density at radius 1 is 1.21 bits per heavy atom. The Bertz CT molecular complexity index is 552. The van der Waals surface area contributed by atoms with Gasteiger partial charge in [0.05, 0.1) is 12.7 Å². The van der Waals surface area contributed by atoms with E-state index in [1.54, 1.807) is 0 Å². The summed E-state index contributed by atoms with van der Waals surface area (Å²) in [6, 6.07) is 0. The summed E-state index contributed by atoms with van der Waals surface area (Å²) in [7, 11) is 0. The number of aliphatic carboxylic acids is 1. The number of aliphatic hydroxyl groups is 2. The van der Waals surface area contributed by atoms with Gasteiger partial charge in [-0.05, 0) is 54.8 Å². The van der Waals surface area contributed by atoms with Gasteiger partial charge in [-0.2, -0.15) is 0 Å². The molecule has 3 N–H and O–H groups in total. The van der Waals surface area contributed by atoms with Gasteiger partial charge in [0.25, 0.3) is 0 Å².